The Bertz CT molecular complexity index is 269. The summed E-state index contributed by atoms with van der Waals surface area (Å²) in [6.45, 7) is 5.57. The molecular formula is C12H19BrO3. The average molecular weight is 291 g/mol. The van der Waals surface area contributed by atoms with E-state index >= 15 is 0 Å². The summed E-state index contributed by atoms with van der Waals surface area (Å²) in [6, 6.07) is 0. The van der Waals surface area contributed by atoms with Crippen molar-refractivity contribution in [3.8, 4) is 0 Å². The standard InChI is InChI=1S/C12H19BrO3/c1-4-6-7-8-9-10(14)12(3,13)11(15)16-5-2/h6-7H,4-5,8-9H2,1-3H3. The second kappa shape index (κ2) is 7.60. The first-order valence-electron chi connectivity index (χ1n) is 5.51. The molecule has 0 amide bonds. The van der Waals surface area contributed by atoms with E-state index in [9.17, 15) is 9.59 Å². The van der Waals surface area contributed by atoms with Crippen LogP contribution in [0, 0.1) is 0 Å². The summed E-state index contributed by atoms with van der Waals surface area (Å²) in [5.41, 5.74) is 0. The number of alkyl halides is 1. The van der Waals surface area contributed by atoms with E-state index in [1.54, 1.807) is 6.92 Å². The van der Waals surface area contributed by atoms with Gasteiger partial charge in [-0.1, -0.05) is 35.0 Å². The van der Waals surface area contributed by atoms with Crippen LogP contribution in [0.4, 0.5) is 0 Å². The zero-order valence-electron chi connectivity index (χ0n) is 10.1. The van der Waals surface area contributed by atoms with E-state index < -0.39 is 10.3 Å². The Balaban J connectivity index is 4.24. The molecule has 0 bridgehead atoms. The predicted octanol–water partition coefficient (Wildman–Crippen LogP) is 3.02. The summed E-state index contributed by atoms with van der Waals surface area (Å²) in [4.78, 5) is 23.2. The molecule has 0 aromatic rings. The molecule has 0 aliphatic carbocycles. The van der Waals surface area contributed by atoms with E-state index in [4.69, 9.17) is 4.74 Å². The van der Waals surface area contributed by atoms with E-state index in [-0.39, 0.29) is 12.4 Å². The first-order valence-corrected chi connectivity index (χ1v) is 6.30. The number of carbonyl (C=O) groups excluding carboxylic acids is 2. The fraction of sp³-hybridized carbons (Fsp3) is 0.667. The van der Waals surface area contributed by atoms with Crippen LogP contribution >= 0.6 is 15.9 Å². The van der Waals surface area contributed by atoms with E-state index in [0.717, 1.165) is 6.42 Å². The first kappa shape index (κ1) is 15.4. The highest BCUT2D eigenvalue weighted by molar-refractivity contribution is 9.10. The Hall–Kier alpha value is -0.640. The number of rotatable bonds is 7. The first-order chi connectivity index (χ1) is 7.46. The lowest BCUT2D eigenvalue weighted by atomic mass is 10.0. The number of ether oxygens (including phenoxy) is 1. The van der Waals surface area contributed by atoms with Crippen molar-refractivity contribution in [2.75, 3.05) is 6.61 Å². The Morgan fingerprint density at radius 3 is 2.44 bits per heavy atom. The molecule has 1 unspecified atom stereocenters. The van der Waals surface area contributed by atoms with Crippen LogP contribution < -0.4 is 0 Å². The van der Waals surface area contributed by atoms with Gasteiger partial charge in [0.2, 0.25) is 0 Å². The predicted molar refractivity (Wildman–Crippen MR) is 67.6 cm³/mol. The smallest absolute Gasteiger partial charge is 0.330 e. The van der Waals surface area contributed by atoms with Gasteiger partial charge in [0.1, 0.15) is 0 Å². The van der Waals surface area contributed by atoms with Crippen molar-refractivity contribution in [2.24, 2.45) is 0 Å². The molecule has 0 fully saturated rings. The molecule has 0 radical (unpaired) electrons. The third kappa shape index (κ3) is 4.92. The van der Waals surface area contributed by atoms with E-state index in [0.29, 0.717) is 12.8 Å². The van der Waals surface area contributed by atoms with E-state index in [2.05, 4.69) is 15.9 Å². The molecule has 0 saturated heterocycles. The van der Waals surface area contributed by atoms with Gasteiger partial charge >= 0.3 is 5.97 Å². The second-order valence-electron chi connectivity index (χ2n) is 3.56. The SMILES string of the molecule is CCC=CCCC(=O)C(C)(Br)C(=O)OCC. The second-order valence-corrected chi connectivity index (χ2v) is 5.15. The summed E-state index contributed by atoms with van der Waals surface area (Å²) < 4.78 is 3.63. The van der Waals surface area contributed by atoms with Gasteiger partial charge in [-0.3, -0.25) is 9.59 Å². The number of halogens is 1. The molecule has 0 heterocycles. The number of carbonyl (C=O) groups is 2. The molecule has 0 N–H and O–H groups in total. The molecule has 1 atom stereocenters. The lowest BCUT2D eigenvalue weighted by Crippen LogP contribution is -2.38. The topological polar surface area (TPSA) is 43.4 Å². The maximum atomic E-state index is 11.8. The van der Waals surface area contributed by atoms with Crippen LogP contribution in [0.5, 0.6) is 0 Å². The third-order valence-electron chi connectivity index (χ3n) is 2.12. The number of Topliss-reactive ketones (excluding diaryl/α,β-unsaturated/α-hetero) is 1. The molecule has 3 nitrogen and oxygen atoms in total. The van der Waals surface area contributed by atoms with E-state index in [1.165, 1.54) is 6.92 Å². The molecule has 0 rings (SSSR count). The average Bonchev–Trinajstić information content (AvgIpc) is 2.24. The Morgan fingerprint density at radius 1 is 1.31 bits per heavy atom. The summed E-state index contributed by atoms with van der Waals surface area (Å²) in [7, 11) is 0. The number of hydrogen-bond acceptors (Lipinski definition) is 3. The highest BCUT2D eigenvalue weighted by atomic mass is 79.9. The van der Waals surface area contributed by atoms with Crippen LogP contribution in [0.2, 0.25) is 0 Å². The fourth-order valence-electron chi connectivity index (χ4n) is 1.11. The van der Waals surface area contributed by atoms with Crippen LogP contribution in [0.3, 0.4) is 0 Å². The summed E-state index contributed by atoms with van der Waals surface area (Å²) in [5, 5.41) is 0. The molecule has 92 valence electrons. The quantitative estimate of drug-likeness (QED) is 0.313. The number of esters is 1. The van der Waals surface area contributed by atoms with Crippen molar-refractivity contribution in [3.63, 3.8) is 0 Å². The maximum Gasteiger partial charge on any atom is 0.330 e. The van der Waals surface area contributed by atoms with Crippen molar-refractivity contribution in [1.82, 2.24) is 0 Å². The minimum atomic E-state index is -1.21. The van der Waals surface area contributed by atoms with Gasteiger partial charge in [-0.25, -0.2) is 0 Å². The molecular weight excluding hydrogens is 272 g/mol. The van der Waals surface area contributed by atoms with Gasteiger partial charge < -0.3 is 4.74 Å². The van der Waals surface area contributed by atoms with Gasteiger partial charge in [0.25, 0.3) is 0 Å². The molecule has 0 aliphatic rings. The highest BCUT2D eigenvalue weighted by Crippen LogP contribution is 2.23. The fourth-order valence-corrected chi connectivity index (χ4v) is 1.43. The Kier molecular flexibility index (Phi) is 7.30. The molecule has 4 heteroatoms. The van der Waals surface area contributed by atoms with Crippen molar-refractivity contribution in [3.05, 3.63) is 12.2 Å². The summed E-state index contributed by atoms with van der Waals surface area (Å²) >= 11 is 3.13. The van der Waals surface area contributed by atoms with Crippen molar-refractivity contribution < 1.29 is 14.3 Å². The largest absolute Gasteiger partial charge is 0.465 e. The number of ketones is 1. The van der Waals surface area contributed by atoms with Crippen LogP contribution in [0.15, 0.2) is 12.2 Å². The zero-order valence-corrected chi connectivity index (χ0v) is 11.7. The van der Waals surface area contributed by atoms with E-state index in [1.807, 2.05) is 19.1 Å². The summed E-state index contributed by atoms with van der Waals surface area (Å²) in [6.07, 6.45) is 5.91. The molecule has 0 saturated carbocycles. The number of allylic oxidation sites excluding steroid dienone is 2. The van der Waals surface area contributed by atoms with Gasteiger partial charge in [0.15, 0.2) is 10.1 Å². The molecule has 0 aromatic carbocycles. The maximum absolute atomic E-state index is 11.8. The van der Waals surface area contributed by atoms with Crippen molar-refractivity contribution in [1.29, 1.82) is 0 Å². The lowest BCUT2D eigenvalue weighted by Gasteiger charge is -2.18. The van der Waals surface area contributed by atoms with Crippen molar-refractivity contribution >= 4 is 27.7 Å². The van der Waals surface area contributed by atoms with Crippen LogP contribution in [0.1, 0.15) is 40.0 Å². The van der Waals surface area contributed by atoms with Crippen molar-refractivity contribution in [2.45, 2.75) is 44.4 Å². The van der Waals surface area contributed by atoms with Gasteiger partial charge in [-0.15, -0.1) is 0 Å². The van der Waals surface area contributed by atoms with Crippen LogP contribution in [-0.4, -0.2) is 22.7 Å². The Morgan fingerprint density at radius 2 is 1.94 bits per heavy atom. The van der Waals surface area contributed by atoms with Gasteiger partial charge in [0.05, 0.1) is 6.61 Å². The molecule has 0 aliphatic heterocycles. The molecule has 0 aromatic heterocycles. The highest BCUT2D eigenvalue weighted by Gasteiger charge is 2.38. The van der Waals surface area contributed by atoms with Gasteiger partial charge in [0, 0.05) is 6.42 Å². The minimum absolute atomic E-state index is 0.147. The van der Waals surface area contributed by atoms with Crippen LogP contribution in [-0.2, 0) is 14.3 Å². The Labute approximate surface area is 105 Å². The monoisotopic (exact) mass is 290 g/mol. The lowest BCUT2D eigenvalue weighted by molar-refractivity contribution is -0.148. The summed E-state index contributed by atoms with van der Waals surface area (Å²) in [5.74, 6) is -0.661. The molecule has 0 spiro atoms. The minimum Gasteiger partial charge on any atom is -0.465 e. The number of hydrogen-bond donors (Lipinski definition) is 0. The zero-order chi connectivity index (χ0) is 12.6. The van der Waals surface area contributed by atoms with Gasteiger partial charge in [-0.05, 0) is 26.7 Å². The third-order valence-corrected chi connectivity index (χ3v) is 2.89. The molecule has 16 heavy (non-hydrogen) atoms. The van der Waals surface area contributed by atoms with Crippen LogP contribution in [0.25, 0.3) is 0 Å². The normalized spacial score (nSPS) is 14.8. The van der Waals surface area contributed by atoms with Gasteiger partial charge in [-0.2, -0.15) is 0 Å².